The Morgan fingerprint density at radius 2 is 1.88 bits per heavy atom. The number of esters is 1. The molecule has 1 aromatic carbocycles. The second-order valence-corrected chi connectivity index (χ2v) is 11.3. The van der Waals surface area contributed by atoms with Gasteiger partial charge in [0.15, 0.2) is 0 Å². The van der Waals surface area contributed by atoms with Crippen LogP contribution in [0.1, 0.15) is 70.7 Å². The molecule has 7 heteroatoms. The number of benzene rings is 1. The summed E-state index contributed by atoms with van der Waals surface area (Å²) in [7, 11) is 1.37. The minimum atomic E-state index is -0.601. The lowest BCUT2D eigenvalue weighted by Gasteiger charge is -2.46. The van der Waals surface area contributed by atoms with Gasteiger partial charge in [-0.15, -0.1) is 11.8 Å². The minimum Gasteiger partial charge on any atom is -0.465 e. The Balaban J connectivity index is 0.00000385. The van der Waals surface area contributed by atoms with Crippen LogP contribution in [0.25, 0.3) is 0 Å². The molecule has 33 heavy (non-hydrogen) atoms. The molecule has 1 amide bonds. The van der Waals surface area contributed by atoms with Crippen molar-refractivity contribution in [3.8, 4) is 0 Å². The molecule has 2 fully saturated rings. The van der Waals surface area contributed by atoms with Crippen LogP contribution in [0.3, 0.4) is 0 Å². The summed E-state index contributed by atoms with van der Waals surface area (Å²) >= 11 is 1.45. The van der Waals surface area contributed by atoms with Crippen LogP contribution < -0.4 is 5.32 Å². The molecule has 4 atom stereocenters. The van der Waals surface area contributed by atoms with E-state index in [1.54, 1.807) is 12.1 Å². The summed E-state index contributed by atoms with van der Waals surface area (Å²) in [6.45, 7) is 7.34. The lowest BCUT2D eigenvalue weighted by atomic mass is 9.72. The molecule has 6 nitrogen and oxygen atoms in total. The summed E-state index contributed by atoms with van der Waals surface area (Å²) in [5, 5.41) is 14.0. The van der Waals surface area contributed by atoms with Gasteiger partial charge in [0, 0.05) is 29.3 Å². The maximum Gasteiger partial charge on any atom is 0.338 e. The standard InChI is InChI=1S/C25H38N2O4S.CH4/c1-25(2,3)26-23(29)21-13-17-9-5-6-10-18(17)14-27(21)15-19(28)16-32-22-12-8-7-11-20(22)24(30)31-4;/h7-8,11-12,17-19,21,28H,5-6,9-10,13-16H2,1-4H3,(H,26,29);1H4/t17-,18?,19?,21?;/m0./s1. The van der Waals surface area contributed by atoms with Gasteiger partial charge in [0.1, 0.15) is 0 Å². The Bertz CT molecular complexity index is 795. The van der Waals surface area contributed by atoms with E-state index in [1.807, 2.05) is 32.9 Å². The number of methoxy groups -OCH3 is 1. The van der Waals surface area contributed by atoms with Crippen LogP contribution in [-0.4, -0.2) is 65.5 Å². The third kappa shape index (κ3) is 7.72. The number of rotatable bonds is 7. The molecule has 1 aliphatic heterocycles. The molecule has 1 aromatic rings. The monoisotopic (exact) mass is 478 g/mol. The quantitative estimate of drug-likeness (QED) is 0.448. The molecular formula is C26H42N2O4S. The molecule has 2 N–H and O–H groups in total. The number of aliphatic hydroxyl groups is 1. The second-order valence-electron chi connectivity index (χ2n) is 10.2. The first-order valence-electron chi connectivity index (χ1n) is 11.7. The molecule has 3 unspecified atom stereocenters. The molecule has 3 rings (SSSR count). The summed E-state index contributed by atoms with van der Waals surface area (Å²) in [5.41, 5.74) is 0.232. The highest BCUT2D eigenvalue weighted by atomic mass is 32.2. The zero-order valence-corrected chi connectivity index (χ0v) is 20.6. The van der Waals surface area contributed by atoms with Crippen LogP contribution >= 0.6 is 11.8 Å². The number of β-amino-alcohol motifs (C(OH)–C–C–N with tert-alkyl or cyclic N) is 1. The number of ether oxygens (including phenoxy) is 1. The summed E-state index contributed by atoms with van der Waals surface area (Å²) in [6.07, 6.45) is 5.21. The minimum absolute atomic E-state index is 0. The molecule has 2 aliphatic rings. The maximum absolute atomic E-state index is 13.1. The number of nitrogens with zero attached hydrogens (tertiary/aromatic N) is 1. The van der Waals surface area contributed by atoms with Crippen molar-refractivity contribution in [3.63, 3.8) is 0 Å². The van der Waals surface area contributed by atoms with Gasteiger partial charge in [0.2, 0.25) is 5.91 Å². The van der Waals surface area contributed by atoms with Crippen LogP contribution in [0.2, 0.25) is 0 Å². The van der Waals surface area contributed by atoms with Crippen LogP contribution in [-0.2, 0) is 9.53 Å². The van der Waals surface area contributed by atoms with Gasteiger partial charge in [-0.05, 0) is 57.6 Å². The van der Waals surface area contributed by atoms with E-state index in [0.717, 1.165) is 17.9 Å². The van der Waals surface area contributed by atoms with Gasteiger partial charge < -0.3 is 15.2 Å². The maximum atomic E-state index is 13.1. The number of hydrogen-bond acceptors (Lipinski definition) is 6. The van der Waals surface area contributed by atoms with Crippen molar-refractivity contribution in [2.75, 3.05) is 26.0 Å². The fourth-order valence-electron chi connectivity index (χ4n) is 5.01. The number of likely N-dealkylation sites (tertiary alicyclic amines) is 1. The first kappa shape index (κ1) is 27.7. The van der Waals surface area contributed by atoms with Gasteiger partial charge in [-0.25, -0.2) is 4.79 Å². The van der Waals surface area contributed by atoms with E-state index in [4.69, 9.17) is 4.74 Å². The average molecular weight is 479 g/mol. The second kappa shape index (κ2) is 12.2. The average Bonchev–Trinajstić information content (AvgIpc) is 2.75. The van der Waals surface area contributed by atoms with Gasteiger partial charge in [-0.2, -0.15) is 0 Å². The molecule has 0 aromatic heterocycles. The highest BCUT2D eigenvalue weighted by Gasteiger charge is 2.41. The Morgan fingerprint density at radius 3 is 2.55 bits per heavy atom. The molecule has 0 radical (unpaired) electrons. The van der Waals surface area contributed by atoms with Crippen molar-refractivity contribution >= 4 is 23.6 Å². The first-order valence-corrected chi connectivity index (χ1v) is 12.7. The van der Waals surface area contributed by atoms with E-state index in [1.165, 1.54) is 44.6 Å². The van der Waals surface area contributed by atoms with Gasteiger partial charge in [-0.1, -0.05) is 38.8 Å². The largest absolute Gasteiger partial charge is 0.465 e. The van der Waals surface area contributed by atoms with Gasteiger partial charge >= 0.3 is 5.97 Å². The van der Waals surface area contributed by atoms with Crippen LogP contribution in [0.15, 0.2) is 29.2 Å². The fraction of sp³-hybridized carbons (Fsp3) is 0.692. The Hall–Kier alpha value is -1.57. The number of hydrogen-bond donors (Lipinski definition) is 2. The topological polar surface area (TPSA) is 78.9 Å². The van der Waals surface area contributed by atoms with Crippen molar-refractivity contribution in [1.82, 2.24) is 10.2 Å². The number of carbonyl (C=O) groups is 2. The first-order chi connectivity index (χ1) is 15.2. The van der Waals surface area contributed by atoms with Crippen molar-refractivity contribution in [1.29, 1.82) is 0 Å². The van der Waals surface area contributed by atoms with E-state index < -0.39 is 6.10 Å². The van der Waals surface area contributed by atoms with Crippen LogP contribution in [0.4, 0.5) is 0 Å². The zero-order chi connectivity index (χ0) is 23.3. The Kier molecular flexibility index (Phi) is 10.3. The molecular weight excluding hydrogens is 436 g/mol. The van der Waals surface area contributed by atoms with E-state index >= 15 is 0 Å². The van der Waals surface area contributed by atoms with Crippen LogP contribution in [0.5, 0.6) is 0 Å². The highest BCUT2D eigenvalue weighted by Crippen LogP contribution is 2.39. The van der Waals surface area contributed by atoms with Crippen molar-refractivity contribution < 1.29 is 19.4 Å². The van der Waals surface area contributed by atoms with E-state index in [-0.39, 0.29) is 30.9 Å². The van der Waals surface area contributed by atoms with E-state index in [2.05, 4.69) is 10.2 Å². The number of amides is 1. The number of nitrogens with one attached hydrogen (secondary N) is 1. The molecule has 0 spiro atoms. The van der Waals surface area contributed by atoms with Crippen molar-refractivity contribution in [2.45, 2.75) is 82.9 Å². The predicted octanol–water partition coefficient (Wildman–Crippen LogP) is 4.36. The summed E-state index contributed by atoms with van der Waals surface area (Å²) in [5.74, 6) is 1.36. The summed E-state index contributed by atoms with van der Waals surface area (Å²) in [6, 6.07) is 7.09. The summed E-state index contributed by atoms with van der Waals surface area (Å²) < 4.78 is 4.87. The smallest absolute Gasteiger partial charge is 0.338 e. The van der Waals surface area contributed by atoms with Gasteiger partial charge in [0.25, 0.3) is 0 Å². The molecule has 0 bridgehead atoms. The fourth-order valence-corrected chi connectivity index (χ4v) is 5.97. The third-order valence-corrected chi connectivity index (χ3v) is 7.69. The normalized spacial score (nSPS) is 24.2. The van der Waals surface area contributed by atoms with Gasteiger partial charge in [-0.3, -0.25) is 9.69 Å². The summed E-state index contributed by atoms with van der Waals surface area (Å²) in [4.78, 5) is 28.1. The Labute approximate surface area is 203 Å². The number of aliphatic hydroxyl groups excluding tert-OH is 1. The predicted molar refractivity (Wildman–Crippen MR) is 135 cm³/mol. The van der Waals surface area contributed by atoms with E-state index in [9.17, 15) is 14.7 Å². The third-order valence-electron chi connectivity index (χ3n) is 6.47. The van der Waals surface area contributed by atoms with Crippen molar-refractivity contribution in [2.24, 2.45) is 11.8 Å². The molecule has 1 heterocycles. The van der Waals surface area contributed by atoms with Gasteiger partial charge in [0.05, 0.1) is 24.8 Å². The molecule has 1 aliphatic carbocycles. The SMILES string of the molecule is C.COC(=O)c1ccccc1SCC(O)CN1CC2CCCC[C@H]2CC1C(=O)NC(C)(C)C. The molecule has 1 saturated heterocycles. The lowest BCUT2D eigenvalue weighted by molar-refractivity contribution is -0.132. The lowest BCUT2D eigenvalue weighted by Crippen LogP contribution is -2.58. The zero-order valence-electron chi connectivity index (χ0n) is 19.8. The number of piperidine rings is 1. The highest BCUT2D eigenvalue weighted by molar-refractivity contribution is 7.99. The van der Waals surface area contributed by atoms with Crippen molar-refractivity contribution in [3.05, 3.63) is 29.8 Å². The number of fused-ring (bicyclic) bond motifs is 1. The van der Waals surface area contributed by atoms with Crippen LogP contribution in [0, 0.1) is 11.8 Å². The molecule has 1 saturated carbocycles. The Morgan fingerprint density at radius 1 is 1.21 bits per heavy atom. The van der Waals surface area contributed by atoms with E-state index in [0.29, 0.717) is 29.7 Å². The number of carbonyl (C=O) groups excluding carboxylic acids is 2. The number of thioether (sulfide) groups is 1. The molecule has 186 valence electrons.